The highest BCUT2D eigenvalue weighted by Crippen LogP contribution is 2.38. The molecule has 0 bridgehead atoms. The van der Waals surface area contributed by atoms with Crippen LogP contribution in [0.5, 0.6) is 0 Å². The lowest BCUT2D eigenvalue weighted by atomic mass is 9.87. The molecule has 0 aromatic heterocycles. The lowest BCUT2D eigenvalue weighted by Crippen LogP contribution is -2.41. The molecule has 2 aliphatic rings. The van der Waals surface area contributed by atoms with Crippen molar-refractivity contribution < 1.29 is 9.47 Å². The number of nitrogens with one attached hydrogen (secondary N) is 1. The summed E-state index contributed by atoms with van der Waals surface area (Å²) in [7, 11) is 1.74. The third kappa shape index (κ3) is 3.83. The molecule has 0 aromatic rings. The molecule has 19 heavy (non-hydrogen) atoms. The molecule has 5 heteroatoms. The van der Waals surface area contributed by atoms with Crippen LogP contribution in [-0.2, 0) is 9.47 Å². The number of nitrogens with zero attached hydrogens (tertiary/aromatic N) is 2. The van der Waals surface area contributed by atoms with E-state index in [1.165, 1.54) is 12.8 Å². The van der Waals surface area contributed by atoms with Crippen LogP contribution >= 0.6 is 0 Å². The number of aliphatic imine (C=N–C) groups is 1. The maximum absolute atomic E-state index is 5.58. The Morgan fingerprint density at radius 2 is 2.37 bits per heavy atom. The van der Waals surface area contributed by atoms with Crippen molar-refractivity contribution in [2.24, 2.45) is 10.4 Å². The summed E-state index contributed by atoms with van der Waals surface area (Å²) in [5.41, 5.74) is 0.392. The molecular weight excluding hydrogens is 242 g/mol. The van der Waals surface area contributed by atoms with Gasteiger partial charge in [0.15, 0.2) is 5.96 Å². The smallest absolute Gasteiger partial charge is 0.193 e. The van der Waals surface area contributed by atoms with E-state index in [2.05, 4.69) is 17.1 Å². The Kier molecular flexibility index (Phi) is 5.45. The van der Waals surface area contributed by atoms with Crippen LogP contribution < -0.4 is 5.32 Å². The number of methoxy groups -OCH3 is 1. The van der Waals surface area contributed by atoms with Crippen LogP contribution in [0.15, 0.2) is 4.99 Å². The number of likely N-dealkylation sites (tertiary alicyclic amines) is 1. The van der Waals surface area contributed by atoms with Gasteiger partial charge in [0, 0.05) is 51.9 Å². The van der Waals surface area contributed by atoms with Crippen LogP contribution in [0.2, 0.25) is 0 Å². The van der Waals surface area contributed by atoms with Gasteiger partial charge in [-0.3, -0.25) is 4.99 Å². The second-order valence-corrected chi connectivity index (χ2v) is 5.56. The van der Waals surface area contributed by atoms with E-state index in [1.54, 1.807) is 7.11 Å². The maximum Gasteiger partial charge on any atom is 0.193 e. The van der Waals surface area contributed by atoms with Crippen molar-refractivity contribution in [2.75, 3.05) is 53.1 Å². The third-order valence-electron chi connectivity index (χ3n) is 4.03. The van der Waals surface area contributed by atoms with Crippen molar-refractivity contribution in [3.8, 4) is 0 Å². The van der Waals surface area contributed by atoms with Crippen LogP contribution in [0.3, 0.4) is 0 Å². The lowest BCUT2D eigenvalue weighted by molar-refractivity contribution is 0.156. The van der Waals surface area contributed by atoms with Gasteiger partial charge in [0.1, 0.15) is 0 Å². The van der Waals surface area contributed by atoms with Gasteiger partial charge >= 0.3 is 0 Å². The highest BCUT2D eigenvalue weighted by molar-refractivity contribution is 5.80. The Balaban J connectivity index is 1.88. The van der Waals surface area contributed by atoms with Crippen LogP contribution in [0.1, 0.15) is 26.2 Å². The quantitative estimate of drug-likeness (QED) is 0.461. The van der Waals surface area contributed by atoms with Gasteiger partial charge in [-0.15, -0.1) is 0 Å². The first kappa shape index (κ1) is 14.6. The van der Waals surface area contributed by atoms with Gasteiger partial charge in [0.25, 0.3) is 0 Å². The molecule has 0 aliphatic carbocycles. The number of rotatable bonds is 5. The Morgan fingerprint density at radius 1 is 1.47 bits per heavy atom. The van der Waals surface area contributed by atoms with Crippen molar-refractivity contribution in [3.05, 3.63) is 0 Å². The van der Waals surface area contributed by atoms with Gasteiger partial charge in [-0.25, -0.2) is 0 Å². The summed E-state index contributed by atoms with van der Waals surface area (Å²) in [5, 5.41) is 3.40. The van der Waals surface area contributed by atoms with Crippen LogP contribution in [0.4, 0.5) is 0 Å². The fraction of sp³-hybridized carbons (Fsp3) is 0.929. The average Bonchev–Trinajstić information content (AvgIpc) is 3.04. The number of ether oxygens (including phenoxy) is 2. The summed E-state index contributed by atoms with van der Waals surface area (Å²) in [6.07, 6.45) is 3.41. The largest absolute Gasteiger partial charge is 0.385 e. The summed E-state index contributed by atoms with van der Waals surface area (Å²) in [4.78, 5) is 7.09. The molecule has 2 saturated heterocycles. The maximum atomic E-state index is 5.58. The lowest BCUT2D eigenvalue weighted by Gasteiger charge is -2.24. The van der Waals surface area contributed by atoms with E-state index in [-0.39, 0.29) is 0 Å². The van der Waals surface area contributed by atoms with Gasteiger partial charge in [-0.1, -0.05) is 0 Å². The van der Waals surface area contributed by atoms with E-state index < -0.39 is 0 Å². The molecular formula is C14H27N3O2. The first-order chi connectivity index (χ1) is 9.29. The molecule has 2 fully saturated rings. The minimum absolute atomic E-state index is 0.392. The van der Waals surface area contributed by atoms with Crippen molar-refractivity contribution in [3.63, 3.8) is 0 Å². The molecule has 0 amide bonds. The number of hydrogen-bond acceptors (Lipinski definition) is 3. The Hall–Kier alpha value is -0.810. The molecule has 0 radical (unpaired) electrons. The first-order valence-corrected chi connectivity index (χ1v) is 7.40. The van der Waals surface area contributed by atoms with E-state index in [0.29, 0.717) is 5.41 Å². The van der Waals surface area contributed by atoms with Crippen LogP contribution in [-0.4, -0.2) is 64.0 Å². The highest BCUT2D eigenvalue weighted by Gasteiger charge is 2.42. The standard InChI is InChI=1S/C14H27N3O2/c1-3-15-13(16-7-4-9-18-2)17-8-5-14(11-17)6-10-19-12-14/h3-12H2,1-2H3,(H,15,16). The third-order valence-corrected chi connectivity index (χ3v) is 4.03. The fourth-order valence-corrected chi connectivity index (χ4v) is 2.91. The zero-order valence-electron chi connectivity index (χ0n) is 12.3. The normalized spacial score (nSPS) is 27.5. The van der Waals surface area contributed by atoms with E-state index in [0.717, 1.165) is 58.4 Å². The molecule has 110 valence electrons. The monoisotopic (exact) mass is 269 g/mol. The topological polar surface area (TPSA) is 46.1 Å². The number of hydrogen-bond donors (Lipinski definition) is 1. The van der Waals surface area contributed by atoms with Gasteiger partial charge in [-0.05, 0) is 26.2 Å². The summed E-state index contributed by atoms with van der Waals surface area (Å²) >= 11 is 0. The molecule has 1 unspecified atom stereocenters. The molecule has 1 N–H and O–H groups in total. The summed E-state index contributed by atoms with van der Waals surface area (Å²) in [5.74, 6) is 1.06. The molecule has 5 nitrogen and oxygen atoms in total. The van der Waals surface area contributed by atoms with Crippen LogP contribution in [0.25, 0.3) is 0 Å². The van der Waals surface area contributed by atoms with E-state index >= 15 is 0 Å². The van der Waals surface area contributed by atoms with Crippen LogP contribution in [0, 0.1) is 5.41 Å². The second-order valence-electron chi connectivity index (χ2n) is 5.56. The first-order valence-electron chi connectivity index (χ1n) is 7.40. The molecule has 1 atom stereocenters. The molecule has 2 aliphatic heterocycles. The minimum Gasteiger partial charge on any atom is -0.385 e. The van der Waals surface area contributed by atoms with Gasteiger partial charge < -0.3 is 19.7 Å². The molecule has 2 rings (SSSR count). The zero-order chi connectivity index (χ0) is 13.6. The van der Waals surface area contributed by atoms with Gasteiger partial charge in [0.05, 0.1) is 6.61 Å². The second kappa shape index (κ2) is 7.10. The Bertz CT molecular complexity index is 301. The van der Waals surface area contributed by atoms with E-state index in [4.69, 9.17) is 14.5 Å². The van der Waals surface area contributed by atoms with Crippen molar-refractivity contribution in [1.29, 1.82) is 0 Å². The predicted octanol–water partition coefficient (Wildman–Crippen LogP) is 1.10. The Morgan fingerprint density at radius 3 is 3.05 bits per heavy atom. The molecule has 2 heterocycles. The summed E-state index contributed by atoms with van der Waals surface area (Å²) < 4.78 is 10.6. The van der Waals surface area contributed by atoms with Crippen molar-refractivity contribution in [2.45, 2.75) is 26.2 Å². The average molecular weight is 269 g/mol. The summed E-state index contributed by atoms with van der Waals surface area (Å²) in [6.45, 7) is 8.68. The molecule has 1 spiro atoms. The summed E-state index contributed by atoms with van der Waals surface area (Å²) in [6, 6.07) is 0. The zero-order valence-corrected chi connectivity index (χ0v) is 12.3. The predicted molar refractivity (Wildman–Crippen MR) is 76.5 cm³/mol. The van der Waals surface area contributed by atoms with Crippen molar-refractivity contribution in [1.82, 2.24) is 10.2 Å². The molecule has 0 saturated carbocycles. The SMILES string of the molecule is CCNC(=NCCCOC)N1CCC2(CCOC2)C1. The molecule has 0 aromatic carbocycles. The number of guanidine groups is 1. The van der Waals surface area contributed by atoms with E-state index in [1.807, 2.05) is 0 Å². The van der Waals surface area contributed by atoms with Crippen molar-refractivity contribution >= 4 is 5.96 Å². The van der Waals surface area contributed by atoms with Gasteiger partial charge in [-0.2, -0.15) is 0 Å². The highest BCUT2D eigenvalue weighted by atomic mass is 16.5. The fourth-order valence-electron chi connectivity index (χ4n) is 2.91. The van der Waals surface area contributed by atoms with Gasteiger partial charge in [0.2, 0.25) is 0 Å². The van der Waals surface area contributed by atoms with E-state index in [9.17, 15) is 0 Å². The Labute approximate surface area is 116 Å². The minimum atomic E-state index is 0.392.